The molecule has 0 saturated carbocycles. The fraction of sp³-hybridized carbons (Fsp3) is 0.647. The average Bonchev–Trinajstić information content (AvgIpc) is 2.36. The molecule has 0 spiro atoms. The lowest BCUT2D eigenvalue weighted by Crippen LogP contribution is -2.36. The molecule has 1 N–H and O–H groups in total. The van der Waals surface area contributed by atoms with E-state index in [1.807, 2.05) is 13.1 Å². The molecule has 1 rings (SSSR count). The van der Waals surface area contributed by atoms with Gasteiger partial charge in [0.05, 0.1) is 0 Å². The number of rotatable bonds is 8. The van der Waals surface area contributed by atoms with Gasteiger partial charge >= 0.3 is 0 Å². The van der Waals surface area contributed by atoms with Gasteiger partial charge in [-0.1, -0.05) is 18.9 Å². The Balaban J connectivity index is 2.09. The fourth-order valence-corrected chi connectivity index (χ4v) is 2.13. The highest BCUT2D eigenvalue weighted by atomic mass is 19.1. The first-order chi connectivity index (χ1) is 9.38. The van der Waals surface area contributed by atoms with E-state index >= 15 is 0 Å². The van der Waals surface area contributed by atoms with Crippen LogP contribution in [0.4, 0.5) is 10.1 Å². The van der Waals surface area contributed by atoms with Crippen molar-refractivity contribution < 1.29 is 4.39 Å². The molecule has 1 aromatic rings. The van der Waals surface area contributed by atoms with Gasteiger partial charge in [-0.25, -0.2) is 4.39 Å². The first-order valence-electron chi connectivity index (χ1n) is 7.60. The summed E-state index contributed by atoms with van der Waals surface area (Å²) in [5.41, 5.74) is 1.18. The molecule has 0 radical (unpaired) electrons. The third-order valence-corrected chi connectivity index (χ3v) is 3.32. The van der Waals surface area contributed by atoms with Crippen LogP contribution >= 0.6 is 0 Å². The van der Waals surface area contributed by atoms with E-state index in [1.165, 1.54) is 25.3 Å². The van der Waals surface area contributed by atoms with E-state index in [0.717, 1.165) is 25.2 Å². The number of nitrogens with one attached hydrogen (secondary N) is 1. The number of hydrogen-bond acceptors (Lipinski definition) is 2. The van der Waals surface area contributed by atoms with Gasteiger partial charge in [0.15, 0.2) is 0 Å². The third kappa shape index (κ3) is 7.49. The Morgan fingerprint density at radius 1 is 1.10 bits per heavy atom. The van der Waals surface area contributed by atoms with E-state index in [2.05, 4.69) is 31.0 Å². The molecule has 0 aliphatic heterocycles. The maximum Gasteiger partial charge on any atom is 0.125 e. The Bertz CT molecular complexity index is 385. The molecular weight excluding hydrogens is 251 g/mol. The molecule has 0 fully saturated rings. The lowest BCUT2D eigenvalue weighted by Gasteiger charge is -2.21. The molecule has 0 saturated heterocycles. The lowest BCUT2D eigenvalue weighted by atomic mass is 10.1. The highest BCUT2D eigenvalue weighted by Crippen LogP contribution is 2.14. The second-order valence-electron chi connectivity index (χ2n) is 6.49. The summed E-state index contributed by atoms with van der Waals surface area (Å²) >= 11 is 0. The van der Waals surface area contributed by atoms with Crippen LogP contribution in [0, 0.1) is 5.82 Å². The van der Waals surface area contributed by atoms with Crippen molar-refractivity contribution in [1.29, 1.82) is 0 Å². The van der Waals surface area contributed by atoms with Crippen LogP contribution in [0.3, 0.4) is 0 Å². The van der Waals surface area contributed by atoms with Crippen LogP contribution in [0.2, 0.25) is 0 Å². The van der Waals surface area contributed by atoms with Gasteiger partial charge in [-0.05, 0) is 58.4 Å². The zero-order valence-electron chi connectivity index (χ0n) is 13.4. The van der Waals surface area contributed by atoms with Crippen LogP contribution in [0.5, 0.6) is 0 Å². The normalized spacial score (nSPS) is 11.7. The van der Waals surface area contributed by atoms with E-state index in [9.17, 15) is 4.39 Å². The van der Waals surface area contributed by atoms with Crippen LogP contribution in [-0.2, 0) is 0 Å². The van der Waals surface area contributed by atoms with E-state index < -0.39 is 0 Å². The van der Waals surface area contributed by atoms with Gasteiger partial charge in [0.2, 0.25) is 0 Å². The molecule has 3 heteroatoms. The Morgan fingerprint density at radius 3 is 2.45 bits per heavy atom. The van der Waals surface area contributed by atoms with Crippen LogP contribution in [0.25, 0.3) is 0 Å². The molecule has 20 heavy (non-hydrogen) atoms. The minimum Gasteiger partial charge on any atom is -0.375 e. The zero-order valence-corrected chi connectivity index (χ0v) is 13.4. The number of anilines is 1. The predicted octanol–water partition coefficient (Wildman–Crippen LogP) is 4.21. The molecular formula is C17H29FN2. The molecule has 1 aromatic carbocycles. The SMILES string of the molecule is CN(CCCCCCNC(C)(C)C)c1cccc(F)c1. The van der Waals surface area contributed by atoms with Crippen LogP contribution < -0.4 is 10.2 Å². The highest BCUT2D eigenvalue weighted by molar-refractivity contribution is 5.45. The van der Waals surface area contributed by atoms with Crippen LogP contribution in [-0.4, -0.2) is 25.7 Å². The van der Waals surface area contributed by atoms with Gasteiger partial charge in [-0.15, -0.1) is 0 Å². The van der Waals surface area contributed by atoms with Gasteiger partial charge in [0.25, 0.3) is 0 Å². The minimum absolute atomic E-state index is 0.164. The van der Waals surface area contributed by atoms with Crippen molar-refractivity contribution in [1.82, 2.24) is 5.32 Å². The molecule has 0 aliphatic rings. The molecule has 0 atom stereocenters. The summed E-state index contributed by atoms with van der Waals surface area (Å²) in [5, 5.41) is 3.50. The van der Waals surface area contributed by atoms with Gasteiger partial charge in [0, 0.05) is 24.8 Å². The second-order valence-corrected chi connectivity index (χ2v) is 6.49. The van der Waals surface area contributed by atoms with E-state index in [1.54, 1.807) is 12.1 Å². The standard InChI is InChI=1S/C17H29FN2/c1-17(2,3)19-12-7-5-6-8-13-20(4)16-11-9-10-15(18)14-16/h9-11,14,19H,5-8,12-13H2,1-4H3. The van der Waals surface area contributed by atoms with Gasteiger partial charge in [-0.2, -0.15) is 0 Å². The molecule has 0 bridgehead atoms. The van der Waals surface area contributed by atoms with Crippen LogP contribution in [0.1, 0.15) is 46.5 Å². The molecule has 0 unspecified atom stereocenters. The van der Waals surface area contributed by atoms with Crippen molar-refractivity contribution >= 4 is 5.69 Å². The third-order valence-electron chi connectivity index (χ3n) is 3.32. The van der Waals surface area contributed by atoms with Crippen molar-refractivity contribution in [3.63, 3.8) is 0 Å². The monoisotopic (exact) mass is 280 g/mol. The van der Waals surface area contributed by atoms with E-state index in [4.69, 9.17) is 0 Å². The molecule has 0 amide bonds. The van der Waals surface area contributed by atoms with Crippen molar-refractivity contribution in [2.75, 3.05) is 25.0 Å². The van der Waals surface area contributed by atoms with Crippen molar-refractivity contribution in [3.8, 4) is 0 Å². The summed E-state index contributed by atoms with van der Waals surface area (Å²) in [6, 6.07) is 6.79. The van der Waals surface area contributed by atoms with Crippen molar-refractivity contribution in [3.05, 3.63) is 30.1 Å². The van der Waals surface area contributed by atoms with E-state index in [-0.39, 0.29) is 11.4 Å². The van der Waals surface area contributed by atoms with E-state index in [0.29, 0.717) is 0 Å². The number of nitrogens with zero attached hydrogens (tertiary/aromatic N) is 1. The fourth-order valence-electron chi connectivity index (χ4n) is 2.13. The number of benzene rings is 1. The first kappa shape index (κ1) is 17.0. The maximum atomic E-state index is 13.1. The lowest BCUT2D eigenvalue weighted by molar-refractivity contribution is 0.416. The molecule has 2 nitrogen and oxygen atoms in total. The van der Waals surface area contributed by atoms with Gasteiger partial charge in [-0.3, -0.25) is 0 Å². The zero-order chi connectivity index (χ0) is 15.0. The summed E-state index contributed by atoms with van der Waals surface area (Å²) in [6.07, 6.45) is 4.86. The van der Waals surface area contributed by atoms with Gasteiger partial charge in [0.1, 0.15) is 5.82 Å². The van der Waals surface area contributed by atoms with Gasteiger partial charge < -0.3 is 10.2 Å². The number of hydrogen-bond donors (Lipinski definition) is 1. The topological polar surface area (TPSA) is 15.3 Å². The molecule has 0 heterocycles. The van der Waals surface area contributed by atoms with Crippen LogP contribution in [0.15, 0.2) is 24.3 Å². The van der Waals surface area contributed by atoms with Crippen molar-refractivity contribution in [2.24, 2.45) is 0 Å². The average molecular weight is 280 g/mol. The summed E-state index contributed by atoms with van der Waals surface area (Å²) in [5.74, 6) is -0.164. The summed E-state index contributed by atoms with van der Waals surface area (Å²) in [7, 11) is 2.02. The highest BCUT2D eigenvalue weighted by Gasteiger charge is 2.07. The number of unbranched alkanes of at least 4 members (excludes halogenated alkanes) is 3. The molecule has 0 aliphatic carbocycles. The summed E-state index contributed by atoms with van der Waals surface area (Å²) in [6.45, 7) is 8.66. The first-order valence-corrected chi connectivity index (χ1v) is 7.60. The molecule has 114 valence electrons. The predicted molar refractivity (Wildman–Crippen MR) is 85.9 cm³/mol. The Morgan fingerprint density at radius 2 is 1.80 bits per heavy atom. The summed E-state index contributed by atoms with van der Waals surface area (Å²) < 4.78 is 13.1. The Labute approximate surface area is 123 Å². The quantitative estimate of drug-likeness (QED) is 0.718. The molecule has 0 aromatic heterocycles. The Kier molecular flexibility index (Phi) is 7.00. The second kappa shape index (κ2) is 8.25. The largest absolute Gasteiger partial charge is 0.375 e. The Hall–Kier alpha value is -1.09. The maximum absolute atomic E-state index is 13.1. The smallest absolute Gasteiger partial charge is 0.125 e. The van der Waals surface area contributed by atoms with Crippen molar-refractivity contribution in [2.45, 2.75) is 52.0 Å². The summed E-state index contributed by atoms with van der Waals surface area (Å²) in [4.78, 5) is 2.12. The number of halogens is 1. The minimum atomic E-state index is -0.164.